The topological polar surface area (TPSA) is 48.2 Å². The summed E-state index contributed by atoms with van der Waals surface area (Å²) in [4.78, 5) is 10.8. The van der Waals surface area contributed by atoms with E-state index in [1.807, 2.05) is 6.07 Å². The maximum Gasteiger partial charge on any atom is 0.160 e. The zero-order chi connectivity index (χ0) is 41.9. The molecule has 0 bridgehead atoms. The predicted molar refractivity (Wildman–Crippen MR) is 261 cm³/mol. The van der Waals surface area contributed by atoms with E-state index in [1.165, 1.54) is 27.0 Å². The molecule has 12 aromatic rings. The molecule has 0 unspecified atom stereocenters. The second-order valence-corrected chi connectivity index (χ2v) is 17.8. The fourth-order valence-corrected chi connectivity index (χ4v) is 11.9. The first-order chi connectivity index (χ1) is 31.7. The van der Waals surface area contributed by atoms with Gasteiger partial charge in [0.1, 0.15) is 22.7 Å². The summed E-state index contributed by atoms with van der Waals surface area (Å²) in [5.41, 5.74) is 16.5. The lowest BCUT2D eigenvalue weighted by Gasteiger charge is -2.39. The van der Waals surface area contributed by atoms with E-state index < -0.39 is 5.41 Å². The number of thiophene rings is 1. The molecule has 14 rings (SSSR count). The number of para-hydroxylation sites is 4. The predicted octanol–water partition coefficient (Wildman–Crippen LogP) is 15.9. The Hall–Kier alpha value is -8.12. The van der Waals surface area contributed by atoms with Crippen molar-refractivity contribution in [2.24, 2.45) is 0 Å². The highest BCUT2D eigenvalue weighted by molar-refractivity contribution is 7.26. The summed E-state index contributed by atoms with van der Waals surface area (Å²) in [5, 5.41) is 3.23. The first-order valence-corrected chi connectivity index (χ1v) is 22.5. The number of benzene rings is 9. The van der Waals surface area contributed by atoms with E-state index in [9.17, 15) is 0 Å². The van der Waals surface area contributed by atoms with Crippen LogP contribution in [0.2, 0.25) is 0 Å². The molecule has 0 amide bonds. The Labute approximate surface area is 372 Å². The second-order valence-electron chi connectivity index (χ2n) is 16.7. The minimum absolute atomic E-state index is 0.566. The van der Waals surface area contributed by atoms with Gasteiger partial charge in [-0.1, -0.05) is 176 Å². The quantitative estimate of drug-likeness (QED) is 0.177. The van der Waals surface area contributed by atoms with Gasteiger partial charge in [0.05, 0.1) is 21.3 Å². The van der Waals surface area contributed by atoms with Gasteiger partial charge in [-0.15, -0.1) is 11.3 Å². The van der Waals surface area contributed by atoms with Gasteiger partial charge in [-0.05, 0) is 69.3 Å². The molecule has 0 atom stereocenters. The molecule has 0 saturated carbocycles. The molecule has 0 N–H and O–H groups in total. The highest BCUT2D eigenvalue weighted by Gasteiger charge is 2.51. The van der Waals surface area contributed by atoms with Crippen molar-refractivity contribution in [2.75, 3.05) is 0 Å². The molecule has 298 valence electrons. The Balaban J connectivity index is 1.01. The van der Waals surface area contributed by atoms with Gasteiger partial charge >= 0.3 is 0 Å². The Morgan fingerprint density at radius 3 is 1.78 bits per heavy atom. The van der Waals surface area contributed by atoms with Crippen molar-refractivity contribution in [3.05, 3.63) is 229 Å². The fraction of sp³-hybridized carbons (Fsp3) is 0.0169. The van der Waals surface area contributed by atoms with Gasteiger partial charge in [0.25, 0.3) is 0 Å². The number of hydrogen-bond donors (Lipinski definition) is 0. The standard InChI is InChI=1S/C59H34N2O2S/c1-2-16-35(17-3-1)36-18-12-19-37(34-36)58-60-53-43-21-5-11-33-51(43)64-57(53)54(61-58)44-26-14-25-41-40-24-13-23-39(55(40)63-56(41)44)38-22-15-30-48-52(38)42-20-4-6-27-45(42)59(48)46-28-7-9-31-49(46)62-50-32-10-8-29-47(50)59/h1-34H. The van der Waals surface area contributed by atoms with Crippen molar-refractivity contribution in [1.29, 1.82) is 0 Å². The summed E-state index contributed by atoms with van der Waals surface area (Å²) in [5.74, 6) is 2.44. The first-order valence-electron chi connectivity index (χ1n) is 21.6. The number of rotatable bonds is 4. The normalized spacial score (nSPS) is 13.2. The molecule has 4 nitrogen and oxygen atoms in total. The lowest BCUT2D eigenvalue weighted by molar-refractivity contribution is 0.436. The van der Waals surface area contributed by atoms with Gasteiger partial charge < -0.3 is 9.15 Å². The minimum Gasteiger partial charge on any atom is -0.457 e. The zero-order valence-electron chi connectivity index (χ0n) is 34.2. The molecular formula is C59H34N2O2S. The summed E-state index contributed by atoms with van der Waals surface area (Å²) in [7, 11) is 0. The van der Waals surface area contributed by atoms with Crippen molar-refractivity contribution < 1.29 is 9.15 Å². The number of nitrogens with zero attached hydrogens (tertiary/aromatic N) is 2. The van der Waals surface area contributed by atoms with Gasteiger partial charge in [-0.25, -0.2) is 9.97 Å². The van der Waals surface area contributed by atoms with Crippen LogP contribution in [-0.4, -0.2) is 9.97 Å². The van der Waals surface area contributed by atoms with Crippen LogP contribution in [-0.2, 0) is 5.41 Å². The highest BCUT2D eigenvalue weighted by atomic mass is 32.1. The Morgan fingerprint density at radius 1 is 0.406 bits per heavy atom. The number of furan rings is 1. The summed E-state index contributed by atoms with van der Waals surface area (Å²) >= 11 is 1.73. The molecule has 5 heteroatoms. The molecule has 0 fully saturated rings. The average molecular weight is 835 g/mol. The summed E-state index contributed by atoms with van der Waals surface area (Å²) in [6, 6.07) is 73.3. The summed E-state index contributed by atoms with van der Waals surface area (Å²) < 4.78 is 16.1. The van der Waals surface area contributed by atoms with Crippen LogP contribution in [0.25, 0.3) is 98.3 Å². The van der Waals surface area contributed by atoms with Gasteiger partial charge in [-0.3, -0.25) is 0 Å². The van der Waals surface area contributed by atoms with Crippen LogP contribution in [0.3, 0.4) is 0 Å². The van der Waals surface area contributed by atoms with Crippen LogP contribution in [0.15, 0.2) is 211 Å². The van der Waals surface area contributed by atoms with Crippen molar-refractivity contribution in [3.8, 4) is 67.5 Å². The third-order valence-electron chi connectivity index (χ3n) is 13.4. The van der Waals surface area contributed by atoms with Crippen LogP contribution in [0.1, 0.15) is 22.3 Å². The SMILES string of the molecule is c1ccc(-c2cccc(-c3nc(-c4cccc5c4oc4c(-c6cccc7c6-c6ccccc6C76c7ccccc7Oc7ccccc76)cccc45)c4sc5ccccc5c4n3)c2)cc1. The maximum atomic E-state index is 7.29. The van der Waals surface area contributed by atoms with E-state index in [1.54, 1.807) is 11.3 Å². The van der Waals surface area contributed by atoms with Gasteiger partial charge in [0.2, 0.25) is 0 Å². The van der Waals surface area contributed by atoms with E-state index >= 15 is 0 Å². The van der Waals surface area contributed by atoms with Crippen LogP contribution in [0.5, 0.6) is 11.5 Å². The monoisotopic (exact) mass is 834 g/mol. The second kappa shape index (κ2) is 13.4. The van der Waals surface area contributed by atoms with Crippen LogP contribution in [0, 0.1) is 0 Å². The van der Waals surface area contributed by atoms with E-state index in [4.69, 9.17) is 19.1 Å². The zero-order valence-corrected chi connectivity index (χ0v) is 35.1. The van der Waals surface area contributed by atoms with Crippen molar-refractivity contribution >= 4 is 53.6 Å². The van der Waals surface area contributed by atoms with Gasteiger partial charge in [-0.2, -0.15) is 0 Å². The van der Waals surface area contributed by atoms with Crippen LogP contribution in [0.4, 0.5) is 0 Å². The minimum atomic E-state index is -0.566. The van der Waals surface area contributed by atoms with Gasteiger partial charge in [0.15, 0.2) is 5.82 Å². The Kier molecular flexibility index (Phi) is 7.45. The lowest BCUT2D eigenvalue weighted by Crippen LogP contribution is -2.32. The molecule has 1 aliphatic heterocycles. The number of ether oxygens (including phenoxy) is 1. The smallest absolute Gasteiger partial charge is 0.160 e. The van der Waals surface area contributed by atoms with Crippen LogP contribution < -0.4 is 4.74 Å². The molecule has 1 spiro atoms. The molecule has 9 aromatic carbocycles. The third kappa shape index (κ3) is 4.87. The molecule has 64 heavy (non-hydrogen) atoms. The van der Waals surface area contributed by atoms with Crippen molar-refractivity contribution in [2.45, 2.75) is 5.41 Å². The molecule has 1 aliphatic carbocycles. The van der Waals surface area contributed by atoms with Gasteiger partial charge in [0, 0.05) is 48.7 Å². The molecule has 0 radical (unpaired) electrons. The largest absolute Gasteiger partial charge is 0.457 e. The molecule has 3 aromatic heterocycles. The van der Waals surface area contributed by atoms with E-state index in [-0.39, 0.29) is 0 Å². The third-order valence-corrected chi connectivity index (χ3v) is 14.6. The Morgan fingerprint density at radius 2 is 0.969 bits per heavy atom. The van der Waals surface area contributed by atoms with E-state index in [0.29, 0.717) is 5.82 Å². The summed E-state index contributed by atoms with van der Waals surface area (Å²) in [6.07, 6.45) is 0. The molecular weight excluding hydrogens is 801 g/mol. The molecule has 2 aliphatic rings. The molecule has 0 saturated heterocycles. The average Bonchev–Trinajstić information content (AvgIpc) is 4.03. The maximum absolute atomic E-state index is 7.29. The van der Waals surface area contributed by atoms with E-state index in [2.05, 4.69) is 200 Å². The number of aromatic nitrogens is 2. The molecule has 4 heterocycles. The number of hydrogen-bond acceptors (Lipinski definition) is 5. The fourth-order valence-electron chi connectivity index (χ4n) is 10.7. The van der Waals surface area contributed by atoms with E-state index in [0.717, 1.165) is 99.2 Å². The number of fused-ring (bicyclic) bond motifs is 15. The Bertz CT molecular complexity index is 3850. The lowest BCUT2D eigenvalue weighted by atomic mass is 9.66. The summed E-state index contributed by atoms with van der Waals surface area (Å²) in [6.45, 7) is 0. The van der Waals surface area contributed by atoms with Crippen LogP contribution >= 0.6 is 11.3 Å². The highest BCUT2D eigenvalue weighted by Crippen LogP contribution is 2.63. The first kappa shape index (κ1) is 35.5. The van der Waals surface area contributed by atoms with Crippen molar-refractivity contribution in [1.82, 2.24) is 9.97 Å². The van der Waals surface area contributed by atoms with Crippen molar-refractivity contribution in [3.63, 3.8) is 0 Å².